The van der Waals surface area contributed by atoms with Gasteiger partial charge in [-0.25, -0.2) is 4.39 Å². The van der Waals surface area contributed by atoms with Crippen molar-refractivity contribution < 1.29 is 4.39 Å². The molecule has 0 saturated heterocycles. The molecule has 0 spiro atoms. The van der Waals surface area contributed by atoms with Crippen LogP contribution in [0.15, 0.2) is 41.9 Å². The molecule has 3 nitrogen and oxygen atoms in total. The lowest BCUT2D eigenvalue weighted by Gasteiger charge is -2.22. The van der Waals surface area contributed by atoms with Crippen molar-refractivity contribution in [2.75, 3.05) is 32.1 Å². The molecule has 0 bridgehead atoms. The van der Waals surface area contributed by atoms with Crippen molar-refractivity contribution in [2.45, 2.75) is 6.54 Å². The molecule has 0 aliphatic carbocycles. The Bertz CT molecular complexity index is 437. The van der Waals surface area contributed by atoms with Crippen molar-refractivity contribution >= 4 is 41.7 Å². The molecule has 0 unspecified atom stereocenters. The summed E-state index contributed by atoms with van der Waals surface area (Å²) in [5, 5.41) is 3.31. The molecule has 0 fully saturated rings. The maximum absolute atomic E-state index is 12.9. The molecule has 6 heteroatoms. The molecule has 0 heterocycles. The average molecular weight is 423 g/mol. The Morgan fingerprint density at radius 2 is 2.10 bits per heavy atom. The summed E-state index contributed by atoms with van der Waals surface area (Å²) in [6.45, 7) is 5.25. The fraction of sp³-hybridized carbons (Fsp3) is 0.400. The van der Waals surface area contributed by atoms with Crippen molar-refractivity contribution in [1.82, 2.24) is 10.2 Å². The van der Waals surface area contributed by atoms with E-state index in [-0.39, 0.29) is 29.8 Å². The Kier molecular flexibility index (Phi) is 11.4. The van der Waals surface area contributed by atoms with Gasteiger partial charge in [0.25, 0.3) is 0 Å². The number of nitrogens with one attached hydrogen (secondary N) is 1. The number of hydrogen-bond donors (Lipinski definition) is 1. The van der Waals surface area contributed by atoms with E-state index < -0.39 is 0 Å². The molecular formula is C15H23FIN3S. The van der Waals surface area contributed by atoms with E-state index in [2.05, 4.69) is 16.9 Å². The first-order valence-corrected chi connectivity index (χ1v) is 7.67. The Morgan fingerprint density at radius 1 is 1.43 bits per heavy atom. The van der Waals surface area contributed by atoms with E-state index in [4.69, 9.17) is 0 Å². The molecule has 0 aliphatic rings. The van der Waals surface area contributed by atoms with Crippen LogP contribution < -0.4 is 5.32 Å². The van der Waals surface area contributed by atoms with Gasteiger partial charge in [-0.15, -0.1) is 30.6 Å². The van der Waals surface area contributed by atoms with Gasteiger partial charge in [0.15, 0.2) is 5.96 Å². The average Bonchev–Trinajstić information content (AvgIpc) is 2.45. The fourth-order valence-corrected chi connectivity index (χ4v) is 2.30. The lowest BCUT2D eigenvalue weighted by atomic mass is 10.2. The van der Waals surface area contributed by atoms with Crippen molar-refractivity contribution in [3.8, 4) is 0 Å². The zero-order valence-corrected chi connectivity index (χ0v) is 15.7. The van der Waals surface area contributed by atoms with Crippen LogP contribution in [0.4, 0.5) is 4.39 Å². The predicted octanol–water partition coefficient (Wildman–Crippen LogP) is 3.37. The molecule has 118 valence electrons. The molecule has 1 aromatic rings. The highest BCUT2D eigenvalue weighted by Gasteiger charge is 2.06. The summed E-state index contributed by atoms with van der Waals surface area (Å²) in [6.07, 6.45) is 1.90. The number of guanidine groups is 1. The minimum absolute atomic E-state index is 0. The first-order chi connectivity index (χ1) is 9.67. The van der Waals surface area contributed by atoms with Gasteiger partial charge in [-0.05, 0) is 17.7 Å². The number of halogens is 2. The van der Waals surface area contributed by atoms with Crippen LogP contribution in [0.3, 0.4) is 0 Å². The highest BCUT2D eigenvalue weighted by atomic mass is 127. The second-order valence-electron chi connectivity index (χ2n) is 4.32. The lowest BCUT2D eigenvalue weighted by Crippen LogP contribution is -2.39. The summed E-state index contributed by atoms with van der Waals surface area (Å²) in [7, 11) is 3.73. The van der Waals surface area contributed by atoms with Gasteiger partial charge in [-0.3, -0.25) is 4.99 Å². The van der Waals surface area contributed by atoms with E-state index in [1.165, 1.54) is 12.1 Å². The van der Waals surface area contributed by atoms with Crippen molar-refractivity contribution in [2.24, 2.45) is 4.99 Å². The smallest absolute Gasteiger partial charge is 0.193 e. The van der Waals surface area contributed by atoms with E-state index in [1.54, 1.807) is 19.2 Å². The first kappa shape index (κ1) is 20.2. The normalized spacial score (nSPS) is 10.7. The maximum Gasteiger partial charge on any atom is 0.193 e. The minimum Gasteiger partial charge on any atom is -0.355 e. The van der Waals surface area contributed by atoms with Gasteiger partial charge in [0.05, 0.1) is 0 Å². The number of rotatable bonds is 7. The van der Waals surface area contributed by atoms with Crippen molar-refractivity contribution in [1.29, 1.82) is 0 Å². The van der Waals surface area contributed by atoms with Gasteiger partial charge in [-0.2, -0.15) is 11.8 Å². The summed E-state index contributed by atoms with van der Waals surface area (Å²) in [6, 6.07) is 6.54. The monoisotopic (exact) mass is 423 g/mol. The van der Waals surface area contributed by atoms with E-state index in [9.17, 15) is 4.39 Å². The predicted molar refractivity (Wildman–Crippen MR) is 102 cm³/mol. The van der Waals surface area contributed by atoms with E-state index in [0.29, 0.717) is 6.54 Å². The Hall–Kier alpha value is -0.760. The van der Waals surface area contributed by atoms with Crippen LogP contribution in [-0.2, 0) is 6.54 Å². The summed E-state index contributed by atoms with van der Waals surface area (Å²) in [4.78, 5) is 6.27. The maximum atomic E-state index is 12.9. The van der Waals surface area contributed by atoms with Gasteiger partial charge in [-0.1, -0.05) is 18.2 Å². The minimum atomic E-state index is -0.210. The number of hydrogen-bond acceptors (Lipinski definition) is 2. The molecule has 21 heavy (non-hydrogen) atoms. The quantitative estimate of drug-likeness (QED) is 0.240. The van der Waals surface area contributed by atoms with Gasteiger partial charge in [0.1, 0.15) is 5.82 Å². The molecule has 1 aromatic carbocycles. The van der Waals surface area contributed by atoms with E-state index in [1.807, 2.05) is 29.8 Å². The summed E-state index contributed by atoms with van der Waals surface area (Å²) >= 11 is 1.83. The molecule has 0 aliphatic heterocycles. The summed E-state index contributed by atoms with van der Waals surface area (Å²) < 4.78 is 12.9. The standard InChI is InChI=1S/C15H22FN3S.HI/c1-4-10-20-11-9-18-15(17-2)19(3)12-13-5-7-14(16)8-6-13;/h4-8H,1,9-12H2,2-3H3,(H,17,18);1H. The number of benzene rings is 1. The van der Waals surface area contributed by atoms with Crippen molar-refractivity contribution in [3.63, 3.8) is 0 Å². The first-order valence-electron chi connectivity index (χ1n) is 6.52. The summed E-state index contributed by atoms with van der Waals surface area (Å²) in [5.74, 6) is 2.60. The second kappa shape index (κ2) is 11.9. The topological polar surface area (TPSA) is 27.6 Å². The SMILES string of the molecule is C=CCSCCNC(=NC)N(C)Cc1ccc(F)cc1.I. The van der Waals surface area contributed by atoms with Crippen LogP contribution in [-0.4, -0.2) is 43.0 Å². The molecule has 1 N–H and O–H groups in total. The van der Waals surface area contributed by atoms with Crippen LogP contribution in [0, 0.1) is 5.82 Å². The zero-order valence-electron chi connectivity index (χ0n) is 12.5. The Morgan fingerprint density at radius 3 is 2.67 bits per heavy atom. The van der Waals surface area contributed by atoms with Gasteiger partial charge in [0.2, 0.25) is 0 Å². The third-order valence-electron chi connectivity index (χ3n) is 2.67. The van der Waals surface area contributed by atoms with Gasteiger partial charge >= 0.3 is 0 Å². The largest absolute Gasteiger partial charge is 0.355 e. The summed E-state index contributed by atoms with van der Waals surface area (Å²) in [5.41, 5.74) is 1.05. The third-order valence-corrected chi connectivity index (χ3v) is 3.64. The molecule has 0 saturated carbocycles. The molecular weight excluding hydrogens is 400 g/mol. The fourth-order valence-electron chi connectivity index (χ4n) is 1.72. The van der Waals surface area contributed by atoms with Gasteiger partial charge < -0.3 is 10.2 Å². The van der Waals surface area contributed by atoms with Crippen LogP contribution in [0.1, 0.15) is 5.56 Å². The number of thioether (sulfide) groups is 1. The van der Waals surface area contributed by atoms with Crippen LogP contribution in [0.2, 0.25) is 0 Å². The molecule has 0 amide bonds. The molecule has 1 rings (SSSR count). The highest BCUT2D eigenvalue weighted by molar-refractivity contribution is 14.0. The zero-order chi connectivity index (χ0) is 14.8. The van der Waals surface area contributed by atoms with Crippen LogP contribution in [0.25, 0.3) is 0 Å². The number of nitrogens with zero attached hydrogens (tertiary/aromatic N) is 2. The van der Waals surface area contributed by atoms with Crippen LogP contribution >= 0.6 is 35.7 Å². The Balaban J connectivity index is 0.00000400. The molecule has 0 radical (unpaired) electrons. The van der Waals surface area contributed by atoms with E-state index in [0.717, 1.165) is 29.6 Å². The second-order valence-corrected chi connectivity index (χ2v) is 5.47. The number of aliphatic imine (C=N–C) groups is 1. The van der Waals surface area contributed by atoms with Gasteiger partial charge in [0, 0.05) is 38.7 Å². The highest BCUT2D eigenvalue weighted by Crippen LogP contribution is 2.05. The third kappa shape index (κ3) is 8.31. The molecule has 0 aromatic heterocycles. The van der Waals surface area contributed by atoms with E-state index >= 15 is 0 Å². The molecule has 0 atom stereocenters. The Labute approximate surface area is 148 Å². The van der Waals surface area contributed by atoms with Crippen molar-refractivity contribution in [3.05, 3.63) is 48.3 Å². The van der Waals surface area contributed by atoms with Crippen LogP contribution in [0.5, 0.6) is 0 Å². The lowest BCUT2D eigenvalue weighted by molar-refractivity contribution is 0.478.